The van der Waals surface area contributed by atoms with E-state index in [4.69, 9.17) is 0 Å². The van der Waals surface area contributed by atoms with Gasteiger partial charge >= 0.3 is 29.6 Å². The van der Waals surface area contributed by atoms with E-state index >= 15 is 0 Å². The summed E-state index contributed by atoms with van der Waals surface area (Å²) in [5.74, 6) is -1.43. The molecular formula is C7HBr4NaO3. The molecule has 0 saturated heterocycles. The SMILES string of the molecule is O=C([O-])c1c(Br)c(Br)c(O)c(Br)c1Br.[Na+]. The molecule has 0 bridgehead atoms. The summed E-state index contributed by atoms with van der Waals surface area (Å²) in [5.41, 5.74) is -0.0680. The molecule has 0 heterocycles. The number of phenols is 1. The van der Waals surface area contributed by atoms with Crippen molar-refractivity contribution in [3.8, 4) is 5.75 Å². The zero-order valence-electron chi connectivity index (χ0n) is 7.28. The summed E-state index contributed by atoms with van der Waals surface area (Å²) >= 11 is 12.2. The van der Waals surface area contributed by atoms with Crippen LogP contribution in [-0.4, -0.2) is 11.1 Å². The number of carbonyl (C=O) groups excluding carboxylic acids is 1. The summed E-state index contributed by atoms with van der Waals surface area (Å²) < 4.78 is 0.966. The van der Waals surface area contributed by atoms with Crippen LogP contribution in [0.3, 0.4) is 0 Å². The van der Waals surface area contributed by atoms with Crippen molar-refractivity contribution in [1.29, 1.82) is 0 Å². The maximum atomic E-state index is 10.8. The average molecular weight is 476 g/mol. The molecule has 0 atom stereocenters. The molecule has 76 valence electrons. The van der Waals surface area contributed by atoms with Crippen LogP contribution in [0.2, 0.25) is 0 Å². The van der Waals surface area contributed by atoms with Crippen LogP contribution in [-0.2, 0) is 0 Å². The van der Waals surface area contributed by atoms with Gasteiger partial charge in [0.2, 0.25) is 0 Å². The van der Waals surface area contributed by atoms with Crippen LogP contribution in [0.25, 0.3) is 0 Å². The summed E-state index contributed by atoms with van der Waals surface area (Å²) in [6.45, 7) is 0. The van der Waals surface area contributed by atoms with Crippen LogP contribution in [0.5, 0.6) is 5.75 Å². The van der Waals surface area contributed by atoms with Crippen LogP contribution in [0.4, 0.5) is 0 Å². The van der Waals surface area contributed by atoms with E-state index in [1.807, 2.05) is 0 Å². The van der Waals surface area contributed by atoms with Crippen LogP contribution >= 0.6 is 63.7 Å². The van der Waals surface area contributed by atoms with Crippen molar-refractivity contribution in [3.05, 3.63) is 23.5 Å². The zero-order valence-corrected chi connectivity index (χ0v) is 15.6. The van der Waals surface area contributed by atoms with Crippen molar-refractivity contribution in [1.82, 2.24) is 0 Å². The second-order valence-corrected chi connectivity index (χ2v) is 5.44. The fraction of sp³-hybridized carbons (Fsp3) is 0. The molecule has 0 unspecified atom stereocenters. The van der Waals surface area contributed by atoms with Crippen molar-refractivity contribution < 1.29 is 44.6 Å². The molecule has 0 aliphatic carbocycles. The van der Waals surface area contributed by atoms with E-state index in [1.165, 1.54) is 0 Å². The van der Waals surface area contributed by atoms with Gasteiger partial charge in [0.05, 0.1) is 14.9 Å². The maximum absolute atomic E-state index is 10.8. The molecule has 0 saturated carbocycles. The van der Waals surface area contributed by atoms with E-state index in [2.05, 4.69) is 63.7 Å². The summed E-state index contributed by atoms with van der Waals surface area (Å²) in [6, 6.07) is 0. The van der Waals surface area contributed by atoms with Gasteiger partial charge in [0.15, 0.2) is 0 Å². The van der Waals surface area contributed by atoms with Crippen molar-refractivity contribution in [2.75, 3.05) is 0 Å². The number of aromatic carboxylic acids is 1. The number of aromatic hydroxyl groups is 1. The maximum Gasteiger partial charge on any atom is 1.00 e. The number of carboxylic acids is 1. The normalized spacial score (nSPS) is 9.60. The monoisotopic (exact) mass is 472 g/mol. The van der Waals surface area contributed by atoms with Gasteiger partial charge in [-0.15, -0.1) is 0 Å². The van der Waals surface area contributed by atoms with E-state index in [-0.39, 0.29) is 58.8 Å². The molecule has 0 spiro atoms. The Labute approximate surface area is 141 Å². The molecule has 1 aromatic rings. The third-order valence-electron chi connectivity index (χ3n) is 1.44. The molecular weight excluding hydrogens is 475 g/mol. The van der Waals surface area contributed by atoms with Gasteiger partial charge in [0.25, 0.3) is 0 Å². The van der Waals surface area contributed by atoms with E-state index in [0.29, 0.717) is 0 Å². The molecule has 1 N–H and O–H groups in total. The Morgan fingerprint density at radius 3 is 1.60 bits per heavy atom. The smallest absolute Gasteiger partial charge is 0.545 e. The first kappa shape index (κ1) is 16.4. The first-order chi connectivity index (χ1) is 6.37. The first-order valence-electron chi connectivity index (χ1n) is 3.14. The van der Waals surface area contributed by atoms with Gasteiger partial charge in [-0.3, -0.25) is 0 Å². The number of hydrogen-bond acceptors (Lipinski definition) is 3. The number of carbonyl (C=O) groups is 1. The predicted molar refractivity (Wildman–Crippen MR) is 63.2 cm³/mol. The number of halogens is 4. The summed E-state index contributed by atoms with van der Waals surface area (Å²) in [4.78, 5) is 10.8. The molecule has 0 aliphatic rings. The number of phenolic OH excluding ortho intramolecular Hbond substituents is 1. The van der Waals surface area contributed by atoms with Crippen molar-refractivity contribution in [3.63, 3.8) is 0 Å². The quantitative estimate of drug-likeness (QED) is 0.453. The van der Waals surface area contributed by atoms with Crippen LogP contribution < -0.4 is 34.7 Å². The van der Waals surface area contributed by atoms with E-state index in [9.17, 15) is 15.0 Å². The van der Waals surface area contributed by atoms with Gasteiger partial charge < -0.3 is 15.0 Å². The summed E-state index contributed by atoms with van der Waals surface area (Å²) in [7, 11) is 0. The molecule has 3 nitrogen and oxygen atoms in total. The average Bonchev–Trinajstić information content (AvgIpc) is 2.11. The number of carboxylic acid groups (broad SMARTS) is 1. The molecule has 15 heavy (non-hydrogen) atoms. The molecule has 0 fully saturated rings. The largest absolute Gasteiger partial charge is 1.00 e. The van der Waals surface area contributed by atoms with E-state index in [1.54, 1.807) is 0 Å². The molecule has 0 aromatic heterocycles. The minimum absolute atomic E-state index is 0. The fourth-order valence-corrected chi connectivity index (χ4v) is 3.22. The standard InChI is InChI=1S/C7H2Br4O3.Na/c8-2-1(7(13)14)3(9)5(11)6(12)4(2)10;/h12H,(H,13,14);/q;+1/p-1. The van der Waals surface area contributed by atoms with Gasteiger partial charge in [-0.2, -0.15) is 0 Å². The molecule has 8 heteroatoms. The number of benzene rings is 1. The summed E-state index contributed by atoms with van der Waals surface area (Å²) in [5, 5.41) is 20.3. The molecule has 0 radical (unpaired) electrons. The van der Waals surface area contributed by atoms with Gasteiger partial charge in [0.1, 0.15) is 5.75 Å². The van der Waals surface area contributed by atoms with E-state index in [0.717, 1.165) is 0 Å². The van der Waals surface area contributed by atoms with Gasteiger partial charge in [-0.25, -0.2) is 0 Å². The minimum atomic E-state index is -1.34. The predicted octanol–water partition coefficient (Wildman–Crippen LogP) is -0.190. The Balaban J connectivity index is 0.00000196. The Morgan fingerprint density at radius 1 is 1.00 bits per heavy atom. The Kier molecular flexibility index (Phi) is 6.97. The molecule has 1 rings (SSSR count). The molecule has 0 aliphatic heterocycles. The van der Waals surface area contributed by atoms with Crippen LogP contribution in [0.15, 0.2) is 17.9 Å². The van der Waals surface area contributed by atoms with Crippen molar-refractivity contribution in [2.24, 2.45) is 0 Å². The first-order valence-corrected chi connectivity index (χ1v) is 6.31. The molecule has 1 aromatic carbocycles. The third kappa shape index (κ3) is 3.20. The topological polar surface area (TPSA) is 60.4 Å². The van der Waals surface area contributed by atoms with Crippen LogP contribution in [0.1, 0.15) is 10.4 Å². The van der Waals surface area contributed by atoms with Crippen LogP contribution in [0, 0.1) is 0 Å². The van der Waals surface area contributed by atoms with Gasteiger partial charge in [-0.1, -0.05) is 0 Å². The Hall–Kier alpha value is 1.41. The molecule has 0 amide bonds. The second-order valence-electron chi connectivity index (χ2n) is 2.27. The van der Waals surface area contributed by atoms with Crippen molar-refractivity contribution in [2.45, 2.75) is 0 Å². The number of hydrogen-bond donors (Lipinski definition) is 1. The fourth-order valence-electron chi connectivity index (χ4n) is 0.799. The third-order valence-corrected chi connectivity index (χ3v) is 5.64. The number of rotatable bonds is 1. The Morgan fingerprint density at radius 2 is 1.33 bits per heavy atom. The Bertz CT molecular complexity index is 392. The van der Waals surface area contributed by atoms with Gasteiger partial charge in [0, 0.05) is 14.5 Å². The van der Waals surface area contributed by atoms with E-state index < -0.39 is 5.97 Å². The van der Waals surface area contributed by atoms with Gasteiger partial charge in [-0.05, 0) is 63.7 Å². The van der Waals surface area contributed by atoms with Crippen molar-refractivity contribution >= 4 is 69.7 Å². The summed E-state index contributed by atoms with van der Waals surface area (Å²) in [6.07, 6.45) is 0. The second kappa shape index (κ2) is 6.37. The zero-order chi connectivity index (χ0) is 11.0. The minimum Gasteiger partial charge on any atom is -0.545 e.